The van der Waals surface area contributed by atoms with E-state index in [4.69, 9.17) is 87.4 Å². The van der Waals surface area contributed by atoms with E-state index >= 15 is 0 Å². The van der Waals surface area contributed by atoms with Crippen LogP contribution in [0.25, 0.3) is 0 Å². The molecule has 16 heteroatoms. The molecule has 1 aliphatic heterocycles. The summed E-state index contributed by atoms with van der Waals surface area (Å²) >= 11 is 43.0. The molecule has 252 valence electrons. The number of alkyl halides is 4. The van der Waals surface area contributed by atoms with Crippen LogP contribution in [-0.4, -0.2) is 37.5 Å². The van der Waals surface area contributed by atoms with Crippen LogP contribution >= 0.6 is 101 Å². The quantitative estimate of drug-likeness (QED) is 0.210. The molecule has 7 nitrogen and oxygen atoms in total. The van der Waals surface area contributed by atoms with Gasteiger partial charge in [0.2, 0.25) is 6.10 Å². The second-order valence-electron chi connectivity index (χ2n) is 11.8. The Labute approximate surface area is 321 Å². The third-order valence-electron chi connectivity index (χ3n) is 8.90. The van der Waals surface area contributed by atoms with Gasteiger partial charge in [-0.25, -0.2) is 0 Å². The van der Waals surface area contributed by atoms with Gasteiger partial charge >= 0.3 is 17.3 Å². The minimum Gasteiger partial charge on any atom is -0.457 e. The molecule has 8 atom stereocenters. The smallest absolute Gasteiger partial charge is 0.311 e. The summed E-state index contributed by atoms with van der Waals surface area (Å²) in [5.41, 5.74) is 0.374. The number of nitriles is 1. The Hall–Kier alpha value is -0.550. The fourth-order valence-electron chi connectivity index (χ4n) is 6.26. The zero-order valence-electron chi connectivity index (χ0n) is 24.4. The van der Waals surface area contributed by atoms with Gasteiger partial charge < -0.3 is 9.47 Å². The Morgan fingerprint density at radius 1 is 0.979 bits per heavy atom. The van der Waals surface area contributed by atoms with Crippen LogP contribution in [0.1, 0.15) is 25.5 Å². The topological polar surface area (TPSA) is 94.9 Å². The Morgan fingerprint density at radius 2 is 1.53 bits per heavy atom. The summed E-state index contributed by atoms with van der Waals surface area (Å²) in [6, 6.07) is 18.5. The average molecular weight is 912 g/mol. The number of rotatable bonds is 6. The molecule has 3 fully saturated rings. The summed E-state index contributed by atoms with van der Waals surface area (Å²) in [6.07, 6.45) is 0.960. The SMILES string of the molecule is CC1(C)[C@H](C(=O)O[C@H](C#N)c2cccc(Oc3ccccc3)c2)[C@@H]1C=C(Br)Br.O=S1OC[C@H]2[C@H](CO1)[C@@]1(Cl)C(Cl)=C(Cl)[C@]2(Cl)C1(Cl)Cl. The zero-order valence-corrected chi connectivity index (χ0v) is 32.9. The van der Waals surface area contributed by atoms with E-state index < -0.39 is 43.4 Å². The molecule has 1 saturated heterocycles. The van der Waals surface area contributed by atoms with Crippen LogP contribution in [0.5, 0.6) is 11.5 Å². The van der Waals surface area contributed by atoms with Gasteiger partial charge in [-0.2, -0.15) is 9.47 Å². The maximum Gasteiger partial charge on any atom is 0.311 e. The van der Waals surface area contributed by atoms with Crippen LogP contribution in [-0.2, 0) is 29.3 Å². The lowest BCUT2D eigenvalue weighted by atomic mass is 9.83. The molecule has 0 N–H and O–H groups in total. The summed E-state index contributed by atoms with van der Waals surface area (Å²) in [6.45, 7) is 4.05. The standard InChI is InChI=1S/C22H19Br2NO3.C9H6Cl6O3S/c1-22(2)17(12-19(23)24)20(22)21(26)28-18(13-25)14-7-6-10-16(11-14)27-15-8-4-3-5-9-15;10-5-6(11)8(13)4-2-18-19(16)17-1-3(4)7(5,12)9(8,14)15/h3-12,17-18,20H,1-2H3;3-4H,1-2H2/t17-,18+,20-;3-,4-,7-,8+,19?/m00/s1. The molecule has 6 rings (SSSR count). The molecule has 47 heavy (non-hydrogen) atoms. The van der Waals surface area contributed by atoms with Crippen molar-refractivity contribution in [1.82, 2.24) is 0 Å². The molecule has 4 aliphatic rings. The zero-order chi connectivity index (χ0) is 34.5. The van der Waals surface area contributed by atoms with E-state index in [2.05, 4.69) is 37.9 Å². The number of halogens is 8. The maximum atomic E-state index is 12.7. The first kappa shape index (κ1) is 37.7. The lowest BCUT2D eigenvalue weighted by Gasteiger charge is -2.33. The predicted molar refractivity (Wildman–Crippen MR) is 191 cm³/mol. The van der Waals surface area contributed by atoms with Crippen LogP contribution in [0.2, 0.25) is 0 Å². The van der Waals surface area contributed by atoms with Crippen molar-refractivity contribution < 1.29 is 26.8 Å². The number of carbonyl (C=O) groups excluding carboxylic acids is 1. The lowest BCUT2D eigenvalue weighted by Crippen LogP contribution is -2.45. The maximum absolute atomic E-state index is 12.7. The monoisotopic (exact) mass is 907 g/mol. The van der Waals surface area contributed by atoms with Gasteiger partial charge in [0.1, 0.15) is 27.3 Å². The molecule has 3 aliphatic carbocycles. The largest absolute Gasteiger partial charge is 0.457 e. The van der Waals surface area contributed by atoms with E-state index in [-0.39, 0.29) is 46.5 Å². The number of para-hydroxylation sites is 1. The van der Waals surface area contributed by atoms with Gasteiger partial charge in [0, 0.05) is 17.4 Å². The molecule has 2 aromatic rings. The first-order chi connectivity index (χ1) is 22.0. The molecular weight excluding hydrogens is 887 g/mol. The number of benzene rings is 2. The molecule has 2 aromatic carbocycles. The van der Waals surface area contributed by atoms with E-state index in [1.54, 1.807) is 24.3 Å². The van der Waals surface area contributed by atoms with Crippen molar-refractivity contribution in [3.63, 3.8) is 0 Å². The van der Waals surface area contributed by atoms with E-state index in [1.807, 2.05) is 50.3 Å². The van der Waals surface area contributed by atoms with Gasteiger partial charge in [-0.05, 0) is 67.5 Å². The third kappa shape index (κ3) is 6.67. The van der Waals surface area contributed by atoms with E-state index in [1.165, 1.54) is 0 Å². The highest BCUT2D eigenvalue weighted by Gasteiger charge is 2.82. The second-order valence-corrected chi connectivity index (χ2v) is 18.8. The van der Waals surface area contributed by atoms with Crippen LogP contribution in [0, 0.1) is 40.4 Å². The summed E-state index contributed by atoms with van der Waals surface area (Å²) in [7, 11) is 0. The van der Waals surface area contributed by atoms with Gasteiger partial charge in [-0.3, -0.25) is 13.2 Å². The molecule has 2 bridgehead atoms. The first-order valence-corrected chi connectivity index (χ1v) is 18.8. The molecule has 0 radical (unpaired) electrons. The van der Waals surface area contributed by atoms with Crippen molar-refractivity contribution >= 4 is 119 Å². The van der Waals surface area contributed by atoms with Gasteiger partial charge in [-0.1, -0.05) is 96.7 Å². The summed E-state index contributed by atoms with van der Waals surface area (Å²) < 4.78 is 31.9. The second kappa shape index (κ2) is 14.2. The third-order valence-corrected chi connectivity index (χ3v) is 14.4. The van der Waals surface area contributed by atoms with Gasteiger partial charge in [0.15, 0.2) is 4.33 Å². The first-order valence-electron chi connectivity index (χ1n) is 14.0. The summed E-state index contributed by atoms with van der Waals surface area (Å²) in [4.78, 5) is 9.89. The van der Waals surface area contributed by atoms with Crippen LogP contribution in [0.4, 0.5) is 0 Å². The molecule has 1 heterocycles. The van der Waals surface area contributed by atoms with Crippen molar-refractivity contribution in [2.24, 2.45) is 29.1 Å². The molecule has 1 unspecified atom stereocenters. The normalized spacial score (nSPS) is 33.3. The van der Waals surface area contributed by atoms with Crippen LogP contribution < -0.4 is 4.74 Å². The molecule has 0 spiro atoms. The van der Waals surface area contributed by atoms with E-state index in [0.29, 0.717) is 17.1 Å². The van der Waals surface area contributed by atoms with E-state index in [9.17, 15) is 14.3 Å². The fraction of sp³-hybridized carbons (Fsp3) is 0.419. The highest BCUT2D eigenvalue weighted by Crippen LogP contribution is 2.76. The van der Waals surface area contributed by atoms with Crippen LogP contribution in [0.3, 0.4) is 0 Å². The van der Waals surface area contributed by atoms with Gasteiger partial charge in [0.25, 0.3) is 0 Å². The fourth-order valence-corrected chi connectivity index (χ4v) is 10.5. The minimum absolute atomic E-state index is 0.0107. The average Bonchev–Trinajstić information content (AvgIpc) is 3.58. The summed E-state index contributed by atoms with van der Waals surface area (Å²) in [5.74, 6) is -0.228. The summed E-state index contributed by atoms with van der Waals surface area (Å²) in [5, 5.41) is 9.77. The molecule has 2 saturated carbocycles. The van der Waals surface area contributed by atoms with Gasteiger partial charge in [0.05, 0.1) is 32.6 Å². The number of esters is 1. The Kier molecular flexibility index (Phi) is 11.4. The number of hydrogen-bond donors (Lipinski definition) is 0. The Morgan fingerprint density at radius 3 is 2.06 bits per heavy atom. The number of ether oxygens (including phenoxy) is 2. The van der Waals surface area contributed by atoms with Crippen molar-refractivity contribution in [3.05, 3.63) is 79.7 Å². The lowest BCUT2D eigenvalue weighted by molar-refractivity contribution is -0.149. The number of allylic oxidation sites excluding steroid dienone is 3. The van der Waals surface area contributed by atoms with Gasteiger partial charge in [-0.15, -0.1) is 23.2 Å². The highest BCUT2D eigenvalue weighted by atomic mass is 79.9. The molecule has 0 amide bonds. The number of fused-ring (bicyclic) bond motifs is 5. The Balaban J connectivity index is 0.000000198. The molecular formula is C31H25Br2Cl6NO6S. The predicted octanol–water partition coefficient (Wildman–Crippen LogP) is 10.2. The molecule has 0 aromatic heterocycles. The number of nitrogens with zero attached hydrogens (tertiary/aromatic N) is 1. The van der Waals surface area contributed by atoms with Crippen molar-refractivity contribution in [3.8, 4) is 17.6 Å². The highest BCUT2D eigenvalue weighted by molar-refractivity contribution is 9.28. The Bertz CT molecular complexity index is 1650. The van der Waals surface area contributed by atoms with Crippen molar-refractivity contribution in [2.45, 2.75) is 34.0 Å². The number of hydrogen-bond acceptors (Lipinski definition) is 7. The number of carbonyl (C=O) groups is 1. The van der Waals surface area contributed by atoms with Crippen LogP contribution in [0.15, 0.2) is 74.1 Å². The van der Waals surface area contributed by atoms with Crippen molar-refractivity contribution in [1.29, 1.82) is 5.26 Å². The minimum atomic E-state index is -1.86. The van der Waals surface area contributed by atoms with Crippen molar-refractivity contribution in [2.75, 3.05) is 13.2 Å². The van der Waals surface area contributed by atoms with E-state index in [0.717, 1.165) is 3.39 Å².